The minimum Gasteiger partial charge on any atom is -0.452 e. The Morgan fingerprint density at radius 3 is 2.53 bits per heavy atom. The van der Waals surface area contributed by atoms with Crippen LogP contribution in [0.15, 0.2) is 77.3 Å². The van der Waals surface area contributed by atoms with E-state index in [0.29, 0.717) is 32.9 Å². The smallest absolute Gasteiger partial charge is 0.339 e. The molecule has 1 amide bonds. The fraction of sp³-hybridized carbons (Fsp3) is 0.0800. The van der Waals surface area contributed by atoms with Crippen molar-refractivity contribution in [3.8, 4) is 11.3 Å². The number of halogens is 2. The average Bonchev–Trinajstić information content (AvgIpc) is 2.79. The third-order valence-electron chi connectivity index (χ3n) is 4.87. The van der Waals surface area contributed by atoms with Gasteiger partial charge in [0.1, 0.15) is 0 Å². The second-order valence-electron chi connectivity index (χ2n) is 7.16. The lowest BCUT2D eigenvalue weighted by Gasteiger charge is -2.11. The van der Waals surface area contributed by atoms with Crippen molar-refractivity contribution in [3.05, 3.63) is 93.4 Å². The van der Waals surface area contributed by atoms with Crippen LogP contribution in [0.25, 0.3) is 22.2 Å². The Labute approximate surface area is 198 Å². The number of nitrogens with one attached hydrogen (secondary N) is 1. The Hall–Kier alpha value is -3.22. The van der Waals surface area contributed by atoms with E-state index in [-0.39, 0.29) is 0 Å². The van der Waals surface area contributed by atoms with Gasteiger partial charge in [-0.2, -0.15) is 0 Å². The number of aromatic nitrogens is 1. The van der Waals surface area contributed by atoms with Crippen LogP contribution in [0.2, 0.25) is 5.02 Å². The Balaban J connectivity index is 1.56. The molecule has 160 valence electrons. The molecule has 1 N–H and O–H groups in total. The largest absolute Gasteiger partial charge is 0.452 e. The number of fused-ring (bicyclic) bond motifs is 1. The molecule has 0 unspecified atom stereocenters. The molecule has 0 spiro atoms. The summed E-state index contributed by atoms with van der Waals surface area (Å²) in [6.45, 7) is 1.48. The first kappa shape index (κ1) is 22.0. The first-order chi connectivity index (χ1) is 15.4. The van der Waals surface area contributed by atoms with E-state index >= 15 is 0 Å². The zero-order valence-electron chi connectivity index (χ0n) is 17.1. The molecular weight excluding hydrogens is 492 g/mol. The van der Waals surface area contributed by atoms with Crippen molar-refractivity contribution in [2.24, 2.45) is 0 Å². The molecule has 0 fully saturated rings. The van der Waals surface area contributed by atoms with Gasteiger partial charge in [0.25, 0.3) is 5.91 Å². The molecule has 1 aromatic heterocycles. The van der Waals surface area contributed by atoms with Gasteiger partial charge in [-0.1, -0.05) is 57.9 Å². The molecule has 0 saturated carbocycles. The lowest BCUT2D eigenvalue weighted by Crippen LogP contribution is -2.21. The summed E-state index contributed by atoms with van der Waals surface area (Å²) in [6, 6.07) is 21.7. The molecule has 3 aromatic carbocycles. The van der Waals surface area contributed by atoms with Crippen LogP contribution in [0.1, 0.15) is 15.9 Å². The summed E-state index contributed by atoms with van der Waals surface area (Å²) in [4.78, 5) is 29.9. The number of para-hydroxylation sites is 1. The Morgan fingerprint density at radius 1 is 1.03 bits per heavy atom. The van der Waals surface area contributed by atoms with Crippen LogP contribution in [0.4, 0.5) is 5.69 Å². The SMILES string of the molecule is Cc1cc(Br)ccc1NC(=O)COC(=O)c1cc(-c2ccc(Cl)cc2)nc2ccccc12. The van der Waals surface area contributed by atoms with Crippen molar-refractivity contribution in [2.75, 3.05) is 11.9 Å². The van der Waals surface area contributed by atoms with E-state index in [1.165, 1.54) is 0 Å². The van der Waals surface area contributed by atoms with Gasteiger partial charge >= 0.3 is 5.97 Å². The van der Waals surface area contributed by atoms with Gasteiger partial charge in [-0.05, 0) is 55.0 Å². The topological polar surface area (TPSA) is 68.3 Å². The van der Waals surface area contributed by atoms with Crippen molar-refractivity contribution >= 4 is 56.0 Å². The number of amides is 1. The monoisotopic (exact) mass is 508 g/mol. The van der Waals surface area contributed by atoms with Crippen LogP contribution in [-0.4, -0.2) is 23.5 Å². The number of rotatable bonds is 5. The van der Waals surface area contributed by atoms with Gasteiger partial charge in [0, 0.05) is 26.1 Å². The zero-order chi connectivity index (χ0) is 22.7. The number of carbonyl (C=O) groups excluding carboxylic acids is 2. The molecule has 0 atom stereocenters. The van der Waals surface area contributed by atoms with Gasteiger partial charge in [-0.15, -0.1) is 0 Å². The third kappa shape index (κ3) is 4.98. The number of anilines is 1. The van der Waals surface area contributed by atoms with Crippen molar-refractivity contribution in [1.29, 1.82) is 0 Å². The van der Waals surface area contributed by atoms with Gasteiger partial charge in [0.2, 0.25) is 0 Å². The molecule has 0 aliphatic rings. The molecule has 1 heterocycles. The van der Waals surface area contributed by atoms with Crippen molar-refractivity contribution in [3.63, 3.8) is 0 Å². The lowest BCUT2D eigenvalue weighted by atomic mass is 10.0. The second-order valence-corrected chi connectivity index (χ2v) is 8.51. The minimum atomic E-state index is -0.596. The molecule has 0 radical (unpaired) electrons. The molecule has 0 aliphatic heterocycles. The molecule has 4 rings (SSSR count). The van der Waals surface area contributed by atoms with E-state index in [9.17, 15) is 9.59 Å². The lowest BCUT2D eigenvalue weighted by molar-refractivity contribution is -0.119. The highest BCUT2D eigenvalue weighted by Gasteiger charge is 2.17. The minimum absolute atomic E-state index is 0.341. The predicted molar refractivity (Wildman–Crippen MR) is 130 cm³/mol. The van der Waals surface area contributed by atoms with Gasteiger partial charge < -0.3 is 10.1 Å². The molecular formula is C25H18BrClN2O3. The second kappa shape index (κ2) is 9.51. The Bertz CT molecular complexity index is 1320. The number of benzene rings is 3. The third-order valence-corrected chi connectivity index (χ3v) is 5.62. The van der Waals surface area contributed by atoms with Crippen LogP contribution < -0.4 is 5.32 Å². The van der Waals surface area contributed by atoms with E-state index in [1.807, 2.05) is 49.4 Å². The quantitative estimate of drug-likeness (QED) is 0.315. The molecule has 4 aromatic rings. The Kier molecular flexibility index (Phi) is 6.53. The summed E-state index contributed by atoms with van der Waals surface area (Å²) in [7, 11) is 0. The number of ether oxygens (including phenoxy) is 1. The summed E-state index contributed by atoms with van der Waals surface area (Å²) in [5.41, 5.74) is 3.98. The summed E-state index contributed by atoms with van der Waals surface area (Å²) in [6.07, 6.45) is 0. The highest BCUT2D eigenvalue weighted by atomic mass is 79.9. The Morgan fingerprint density at radius 2 is 1.78 bits per heavy atom. The number of aryl methyl sites for hydroxylation is 1. The highest BCUT2D eigenvalue weighted by Crippen LogP contribution is 2.26. The van der Waals surface area contributed by atoms with E-state index in [0.717, 1.165) is 15.6 Å². The molecule has 0 bridgehead atoms. The van der Waals surface area contributed by atoms with Gasteiger partial charge in [0.05, 0.1) is 16.8 Å². The van der Waals surface area contributed by atoms with Crippen LogP contribution in [0, 0.1) is 6.92 Å². The number of carbonyl (C=O) groups is 2. The highest BCUT2D eigenvalue weighted by molar-refractivity contribution is 9.10. The fourth-order valence-electron chi connectivity index (χ4n) is 3.28. The number of nitrogens with zero attached hydrogens (tertiary/aromatic N) is 1. The fourth-order valence-corrected chi connectivity index (χ4v) is 3.88. The van der Waals surface area contributed by atoms with E-state index in [1.54, 1.807) is 30.3 Å². The van der Waals surface area contributed by atoms with Crippen molar-refractivity contribution < 1.29 is 14.3 Å². The van der Waals surface area contributed by atoms with Gasteiger partial charge in [-0.25, -0.2) is 9.78 Å². The van der Waals surface area contributed by atoms with E-state index in [4.69, 9.17) is 16.3 Å². The molecule has 5 nitrogen and oxygen atoms in total. The van der Waals surface area contributed by atoms with Crippen LogP contribution in [0.5, 0.6) is 0 Å². The van der Waals surface area contributed by atoms with Crippen LogP contribution in [-0.2, 0) is 9.53 Å². The van der Waals surface area contributed by atoms with Crippen LogP contribution >= 0.6 is 27.5 Å². The summed E-state index contributed by atoms with van der Waals surface area (Å²) in [5, 5.41) is 4.03. The summed E-state index contributed by atoms with van der Waals surface area (Å²) < 4.78 is 6.25. The predicted octanol–water partition coefficient (Wildman–Crippen LogP) is 6.42. The van der Waals surface area contributed by atoms with Crippen molar-refractivity contribution in [1.82, 2.24) is 4.98 Å². The molecule has 0 saturated heterocycles. The standard InChI is InChI=1S/C25H18BrClN2O3/c1-15-12-17(26)8-11-21(15)29-24(30)14-32-25(31)20-13-23(16-6-9-18(27)10-7-16)28-22-5-3-2-4-19(20)22/h2-13H,14H2,1H3,(H,29,30). The normalized spacial score (nSPS) is 10.7. The first-order valence-corrected chi connectivity index (χ1v) is 11.0. The van der Waals surface area contributed by atoms with Crippen LogP contribution in [0.3, 0.4) is 0 Å². The molecule has 32 heavy (non-hydrogen) atoms. The van der Waals surface area contributed by atoms with Gasteiger partial charge in [0.15, 0.2) is 6.61 Å². The average molecular weight is 510 g/mol. The number of esters is 1. The molecule has 0 aliphatic carbocycles. The summed E-state index contributed by atoms with van der Waals surface area (Å²) >= 11 is 9.38. The number of pyridine rings is 1. The van der Waals surface area contributed by atoms with Gasteiger partial charge in [-0.3, -0.25) is 4.79 Å². The first-order valence-electron chi connectivity index (χ1n) is 9.79. The van der Waals surface area contributed by atoms with Crippen molar-refractivity contribution in [2.45, 2.75) is 6.92 Å². The summed E-state index contributed by atoms with van der Waals surface area (Å²) in [5.74, 6) is -1.01. The van der Waals surface area contributed by atoms with E-state index in [2.05, 4.69) is 26.2 Å². The van der Waals surface area contributed by atoms with E-state index < -0.39 is 18.5 Å². The maximum atomic E-state index is 12.9. The maximum absolute atomic E-state index is 12.9. The number of hydrogen-bond acceptors (Lipinski definition) is 4. The zero-order valence-corrected chi connectivity index (χ0v) is 19.4. The maximum Gasteiger partial charge on any atom is 0.339 e. The molecule has 7 heteroatoms. The number of hydrogen-bond donors (Lipinski definition) is 1.